The number of hydrogen-bond acceptors (Lipinski definition) is 5. The number of benzene rings is 7. The summed E-state index contributed by atoms with van der Waals surface area (Å²) < 4.78 is 16.1. The minimum absolute atomic E-state index is 0.607. The lowest BCUT2D eigenvalue weighted by atomic mass is 10.0. The van der Waals surface area contributed by atoms with Crippen molar-refractivity contribution in [3.05, 3.63) is 156 Å². The van der Waals surface area contributed by atoms with Gasteiger partial charge in [-0.15, -0.1) is 11.3 Å². The standard InChI is InChI=1S/C43H25BrN2O2S/c44-29-14-22-42-36(24-29)35-23-28(13-21-41(35)49-42)26-9-15-30(16-10-26)46(32-19-20-34-33-5-1-3-7-38(33)47-40(34)25-32)31-17-11-27(12-18-31)43-45-37-6-2-4-8-39(37)48-43/h1-25H. The summed E-state index contributed by atoms with van der Waals surface area (Å²) in [6.45, 7) is 0. The number of fused-ring (bicyclic) bond motifs is 7. The van der Waals surface area contributed by atoms with Gasteiger partial charge in [-0.25, -0.2) is 4.98 Å². The van der Waals surface area contributed by atoms with E-state index in [0.29, 0.717) is 5.89 Å². The van der Waals surface area contributed by atoms with Crippen molar-refractivity contribution in [3.8, 4) is 22.6 Å². The van der Waals surface area contributed by atoms with Gasteiger partial charge >= 0.3 is 0 Å². The average molecular weight is 714 g/mol. The highest BCUT2D eigenvalue weighted by molar-refractivity contribution is 9.10. The second-order valence-electron chi connectivity index (χ2n) is 12.1. The maximum atomic E-state index is 6.31. The normalized spacial score (nSPS) is 11.8. The highest BCUT2D eigenvalue weighted by atomic mass is 79.9. The van der Waals surface area contributed by atoms with Crippen LogP contribution in [-0.2, 0) is 0 Å². The van der Waals surface area contributed by atoms with Gasteiger partial charge in [0.15, 0.2) is 5.58 Å². The molecule has 0 aliphatic carbocycles. The first-order valence-corrected chi connectivity index (χ1v) is 17.7. The van der Waals surface area contributed by atoms with E-state index in [9.17, 15) is 0 Å². The van der Waals surface area contributed by atoms with Crippen LogP contribution in [0.15, 0.2) is 165 Å². The summed E-state index contributed by atoms with van der Waals surface area (Å²) in [7, 11) is 0. The molecule has 3 heterocycles. The van der Waals surface area contributed by atoms with E-state index in [1.165, 1.54) is 31.3 Å². The van der Waals surface area contributed by atoms with Gasteiger partial charge < -0.3 is 13.7 Å². The molecule has 0 bridgehead atoms. The van der Waals surface area contributed by atoms with E-state index in [2.05, 4.69) is 136 Å². The number of rotatable bonds is 5. The van der Waals surface area contributed by atoms with Crippen molar-refractivity contribution >= 4 is 97.5 Å². The van der Waals surface area contributed by atoms with Crippen LogP contribution in [0.4, 0.5) is 17.1 Å². The molecular weight excluding hydrogens is 688 g/mol. The molecule has 6 heteroatoms. The predicted octanol–water partition coefficient (Wildman–Crippen LogP) is 13.7. The fraction of sp³-hybridized carbons (Fsp3) is 0. The molecule has 0 amide bonds. The minimum Gasteiger partial charge on any atom is -0.456 e. The van der Waals surface area contributed by atoms with Crippen LogP contribution < -0.4 is 4.90 Å². The van der Waals surface area contributed by atoms with Gasteiger partial charge in [0.25, 0.3) is 0 Å². The molecule has 4 nitrogen and oxygen atoms in total. The van der Waals surface area contributed by atoms with Crippen molar-refractivity contribution in [1.29, 1.82) is 0 Å². The number of para-hydroxylation sites is 3. The largest absolute Gasteiger partial charge is 0.456 e. The van der Waals surface area contributed by atoms with E-state index < -0.39 is 0 Å². The van der Waals surface area contributed by atoms with Gasteiger partial charge in [-0.1, -0.05) is 64.5 Å². The Morgan fingerprint density at radius 3 is 1.90 bits per heavy atom. The fourth-order valence-corrected chi connectivity index (χ4v) is 8.21. The van der Waals surface area contributed by atoms with Crippen LogP contribution in [0.25, 0.3) is 75.8 Å². The van der Waals surface area contributed by atoms with Crippen LogP contribution >= 0.6 is 27.3 Å². The van der Waals surface area contributed by atoms with Crippen LogP contribution in [0.2, 0.25) is 0 Å². The SMILES string of the molecule is Brc1ccc2sc3ccc(-c4ccc(N(c5ccc(-c6nc7ccccc7o6)cc5)c5ccc6c(c5)oc5ccccc56)cc4)cc3c2c1. The number of oxazole rings is 1. The van der Waals surface area contributed by atoms with Crippen LogP contribution in [-0.4, -0.2) is 4.98 Å². The average Bonchev–Trinajstić information content (AvgIpc) is 3.85. The Morgan fingerprint density at radius 1 is 0.469 bits per heavy atom. The van der Waals surface area contributed by atoms with Gasteiger partial charge in [0.05, 0.1) is 0 Å². The van der Waals surface area contributed by atoms with Crippen molar-refractivity contribution in [2.24, 2.45) is 0 Å². The number of furan rings is 1. The Bertz CT molecular complexity index is 2820. The zero-order valence-corrected chi connectivity index (χ0v) is 28.3. The lowest BCUT2D eigenvalue weighted by Crippen LogP contribution is -2.09. The molecule has 3 aromatic heterocycles. The Hall–Kier alpha value is -5.69. The summed E-state index contributed by atoms with van der Waals surface area (Å²) in [4.78, 5) is 6.97. The maximum absolute atomic E-state index is 6.31. The molecular formula is C43H25BrN2O2S. The van der Waals surface area contributed by atoms with Gasteiger partial charge in [-0.3, -0.25) is 0 Å². The first-order chi connectivity index (χ1) is 24.1. The van der Waals surface area contributed by atoms with Crippen LogP contribution in [0.5, 0.6) is 0 Å². The highest BCUT2D eigenvalue weighted by Crippen LogP contribution is 2.41. The number of halogens is 1. The first-order valence-electron chi connectivity index (χ1n) is 16.0. The molecule has 232 valence electrons. The van der Waals surface area contributed by atoms with Crippen molar-refractivity contribution in [3.63, 3.8) is 0 Å². The molecule has 0 saturated carbocycles. The van der Waals surface area contributed by atoms with E-state index in [1.807, 2.05) is 47.7 Å². The number of thiophene rings is 1. The molecule has 0 unspecified atom stereocenters. The van der Waals surface area contributed by atoms with E-state index in [4.69, 9.17) is 13.8 Å². The molecule has 0 aliphatic rings. The molecule has 0 fully saturated rings. The van der Waals surface area contributed by atoms with Crippen LogP contribution in [0, 0.1) is 0 Å². The molecule has 10 rings (SSSR count). The third kappa shape index (κ3) is 4.83. The number of hydrogen-bond donors (Lipinski definition) is 0. The molecule has 0 aliphatic heterocycles. The smallest absolute Gasteiger partial charge is 0.227 e. The second kappa shape index (κ2) is 11.2. The molecule has 0 saturated heterocycles. The number of nitrogens with zero attached hydrogens (tertiary/aromatic N) is 2. The van der Waals surface area contributed by atoms with Gasteiger partial charge in [0.2, 0.25) is 5.89 Å². The van der Waals surface area contributed by atoms with Crippen LogP contribution in [0.3, 0.4) is 0 Å². The molecule has 7 aromatic carbocycles. The summed E-state index contributed by atoms with van der Waals surface area (Å²) in [5.41, 5.74) is 9.71. The van der Waals surface area contributed by atoms with E-state index in [0.717, 1.165) is 60.1 Å². The van der Waals surface area contributed by atoms with Crippen molar-refractivity contribution in [1.82, 2.24) is 4.98 Å². The van der Waals surface area contributed by atoms with Crippen molar-refractivity contribution < 1.29 is 8.83 Å². The Kier molecular flexibility index (Phi) is 6.47. The summed E-state index contributed by atoms with van der Waals surface area (Å²) in [6.07, 6.45) is 0. The Morgan fingerprint density at radius 2 is 1.10 bits per heavy atom. The summed E-state index contributed by atoms with van der Waals surface area (Å²) in [5, 5.41) is 4.78. The van der Waals surface area contributed by atoms with Crippen LogP contribution in [0.1, 0.15) is 0 Å². The van der Waals surface area contributed by atoms with Gasteiger partial charge in [-0.2, -0.15) is 0 Å². The molecule has 49 heavy (non-hydrogen) atoms. The molecule has 0 radical (unpaired) electrons. The topological polar surface area (TPSA) is 42.4 Å². The maximum Gasteiger partial charge on any atom is 0.227 e. The second-order valence-corrected chi connectivity index (χ2v) is 14.1. The molecule has 10 aromatic rings. The van der Waals surface area contributed by atoms with Crippen molar-refractivity contribution in [2.75, 3.05) is 4.90 Å². The fourth-order valence-electron chi connectivity index (χ4n) is 6.78. The third-order valence-electron chi connectivity index (χ3n) is 9.18. The van der Waals surface area contributed by atoms with Gasteiger partial charge in [0.1, 0.15) is 16.7 Å². The number of anilines is 3. The number of aromatic nitrogens is 1. The van der Waals surface area contributed by atoms with E-state index in [-0.39, 0.29) is 0 Å². The Balaban J connectivity index is 1.06. The first kappa shape index (κ1) is 28.3. The lowest BCUT2D eigenvalue weighted by molar-refractivity contribution is 0.620. The van der Waals surface area contributed by atoms with Gasteiger partial charge in [-0.05, 0) is 108 Å². The zero-order chi connectivity index (χ0) is 32.5. The lowest BCUT2D eigenvalue weighted by Gasteiger charge is -2.26. The molecule has 0 spiro atoms. The minimum atomic E-state index is 0.607. The monoisotopic (exact) mass is 712 g/mol. The Labute approximate surface area is 293 Å². The zero-order valence-electron chi connectivity index (χ0n) is 25.9. The molecule has 0 N–H and O–H groups in total. The highest BCUT2D eigenvalue weighted by Gasteiger charge is 2.17. The van der Waals surface area contributed by atoms with E-state index in [1.54, 1.807) is 0 Å². The summed E-state index contributed by atoms with van der Waals surface area (Å²) >= 11 is 5.49. The van der Waals surface area contributed by atoms with E-state index >= 15 is 0 Å². The quantitative estimate of drug-likeness (QED) is 0.178. The van der Waals surface area contributed by atoms with Crippen molar-refractivity contribution in [2.45, 2.75) is 0 Å². The third-order valence-corrected chi connectivity index (χ3v) is 10.8. The predicted molar refractivity (Wildman–Crippen MR) is 207 cm³/mol. The summed E-state index contributed by atoms with van der Waals surface area (Å²) in [5.74, 6) is 0.607. The molecule has 0 atom stereocenters. The summed E-state index contributed by atoms with van der Waals surface area (Å²) in [6, 6.07) is 53.0. The van der Waals surface area contributed by atoms with Gasteiger partial charge in [0, 0.05) is 64.1 Å².